The molecule has 1 amide bonds. The van der Waals surface area contributed by atoms with E-state index in [1.165, 1.54) is 0 Å². The molecule has 0 heterocycles. The number of para-hydroxylation sites is 1. The van der Waals surface area contributed by atoms with Crippen LogP contribution < -0.4 is 10.6 Å². The first kappa shape index (κ1) is 16.0. The first-order chi connectivity index (χ1) is 10.1. The van der Waals surface area contributed by atoms with Crippen LogP contribution in [0.3, 0.4) is 0 Å². The van der Waals surface area contributed by atoms with Crippen LogP contribution in [0.15, 0.2) is 42.5 Å². The van der Waals surface area contributed by atoms with Gasteiger partial charge in [0.15, 0.2) is 0 Å². The lowest BCUT2D eigenvalue weighted by Crippen LogP contribution is -2.16. The molecule has 0 aliphatic carbocycles. The highest BCUT2D eigenvalue weighted by atomic mass is 35.5. The number of halogens is 3. The summed E-state index contributed by atoms with van der Waals surface area (Å²) >= 11 is 17.9. The number of carbonyl (C=O) groups excluding carboxylic acids is 1. The van der Waals surface area contributed by atoms with Crippen molar-refractivity contribution in [2.45, 2.75) is 6.42 Å². The highest BCUT2D eigenvalue weighted by Gasteiger charge is 2.08. The molecule has 0 fully saturated rings. The third-order valence-electron chi connectivity index (χ3n) is 2.77. The summed E-state index contributed by atoms with van der Waals surface area (Å²) in [5.74, 6) is -0.154. The summed E-state index contributed by atoms with van der Waals surface area (Å²) < 4.78 is 0. The van der Waals surface area contributed by atoms with Crippen molar-refractivity contribution in [3.05, 3.63) is 57.5 Å². The topological polar surface area (TPSA) is 41.1 Å². The number of hydrogen-bond acceptors (Lipinski definition) is 2. The fourth-order valence-electron chi connectivity index (χ4n) is 1.73. The van der Waals surface area contributed by atoms with Gasteiger partial charge in [-0.3, -0.25) is 4.79 Å². The SMILES string of the molecule is O=C(CCNc1ccccc1Cl)Nc1cccc(Cl)c1Cl. The molecule has 0 saturated carbocycles. The molecule has 0 unspecified atom stereocenters. The van der Waals surface area contributed by atoms with E-state index in [0.717, 1.165) is 5.69 Å². The first-order valence-electron chi connectivity index (χ1n) is 6.30. The van der Waals surface area contributed by atoms with E-state index in [9.17, 15) is 4.79 Å². The summed E-state index contributed by atoms with van der Waals surface area (Å²) in [6, 6.07) is 12.5. The van der Waals surface area contributed by atoms with Crippen molar-refractivity contribution in [3.63, 3.8) is 0 Å². The standard InChI is InChI=1S/C15H13Cl3N2O/c16-10-4-1-2-6-12(10)19-9-8-14(21)20-13-7-3-5-11(17)15(13)18/h1-7,19H,8-9H2,(H,20,21). The van der Waals surface area contributed by atoms with Crippen LogP contribution in [0.4, 0.5) is 11.4 Å². The molecule has 0 aliphatic rings. The van der Waals surface area contributed by atoms with Gasteiger partial charge in [-0.15, -0.1) is 0 Å². The third kappa shape index (κ3) is 4.53. The quantitative estimate of drug-likeness (QED) is 0.794. The van der Waals surface area contributed by atoms with Gasteiger partial charge in [-0.25, -0.2) is 0 Å². The van der Waals surface area contributed by atoms with E-state index >= 15 is 0 Å². The van der Waals surface area contributed by atoms with E-state index in [4.69, 9.17) is 34.8 Å². The molecule has 6 heteroatoms. The molecule has 0 aliphatic heterocycles. The number of carbonyl (C=O) groups is 1. The summed E-state index contributed by atoms with van der Waals surface area (Å²) in [6.07, 6.45) is 0.286. The lowest BCUT2D eigenvalue weighted by atomic mass is 10.3. The van der Waals surface area contributed by atoms with Gasteiger partial charge in [-0.2, -0.15) is 0 Å². The molecule has 0 bridgehead atoms. The van der Waals surface area contributed by atoms with Crippen LogP contribution in [-0.4, -0.2) is 12.5 Å². The Balaban J connectivity index is 1.85. The molecule has 21 heavy (non-hydrogen) atoms. The van der Waals surface area contributed by atoms with E-state index in [-0.39, 0.29) is 12.3 Å². The van der Waals surface area contributed by atoms with Gasteiger partial charge >= 0.3 is 0 Å². The molecular formula is C15H13Cl3N2O. The smallest absolute Gasteiger partial charge is 0.226 e. The molecule has 2 aromatic carbocycles. The van der Waals surface area contributed by atoms with Gasteiger partial charge < -0.3 is 10.6 Å². The highest BCUT2D eigenvalue weighted by molar-refractivity contribution is 6.44. The zero-order chi connectivity index (χ0) is 15.2. The van der Waals surface area contributed by atoms with Gasteiger partial charge in [0.05, 0.1) is 26.4 Å². The number of benzene rings is 2. The molecule has 0 aromatic heterocycles. The molecular weight excluding hydrogens is 331 g/mol. The maximum absolute atomic E-state index is 11.9. The average molecular weight is 344 g/mol. The van der Waals surface area contributed by atoms with Gasteiger partial charge in [0, 0.05) is 13.0 Å². The number of hydrogen-bond donors (Lipinski definition) is 2. The summed E-state index contributed by atoms with van der Waals surface area (Å²) in [7, 11) is 0. The van der Waals surface area contributed by atoms with Gasteiger partial charge in [-0.05, 0) is 24.3 Å². The minimum absolute atomic E-state index is 0.154. The van der Waals surface area contributed by atoms with E-state index in [0.29, 0.717) is 27.3 Å². The van der Waals surface area contributed by atoms with E-state index in [2.05, 4.69) is 10.6 Å². The van der Waals surface area contributed by atoms with Crippen molar-refractivity contribution in [1.29, 1.82) is 0 Å². The van der Waals surface area contributed by atoms with Gasteiger partial charge in [0.2, 0.25) is 5.91 Å². The molecule has 2 aromatic rings. The lowest BCUT2D eigenvalue weighted by Gasteiger charge is -2.10. The maximum atomic E-state index is 11.9. The molecule has 3 nitrogen and oxygen atoms in total. The van der Waals surface area contributed by atoms with Gasteiger partial charge in [-0.1, -0.05) is 53.0 Å². The zero-order valence-electron chi connectivity index (χ0n) is 11.0. The lowest BCUT2D eigenvalue weighted by molar-refractivity contribution is -0.115. The number of amides is 1. The number of nitrogens with one attached hydrogen (secondary N) is 2. The largest absolute Gasteiger partial charge is 0.383 e. The first-order valence-corrected chi connectivity index (χ1v) is 7.43. The Hall–Kier alpha value is -1.42. The fourth-order valence-corrected chi connectivity index (χ4v) is 2.28. The minimum Gasteiger partial charge on any atom is -0.383 e. The third-order valence-corrected chi connectivity index (χ3v) is 3.92. The Morgan fingerprint density at radius 3 is 2.33 bits per heavy atom. The van der Waals surface area contributed by atoms with Crippen LogP contribution in [0.2, 0.25) is 15.1 Å². The molecule has 2 rings (SSSR count). The summed E-state index contributed by atoms with van der Waals surface area (Å²) in [4.78, 5) is 11.9. The minimum atomic E-state index is -0.154. The summed E-state index contributed by atoms with van der Waals surface area (Å²) in [6.45, 7) is 0.466. The van der Waals surface area contributed by atoms with Crippen molar-refractivity contribution < 1.29 is 4.79 Å². The van der Waals surface area contributed by atoms with E-state index < -0.39 is 0 Å². The van der Waals surface area contributed by atoms with Crippen molar-refractivity contribution in [2.24, 2.45) is 0 Å². The average Bonchev–Trinajstić information content (AvgIpc) is 2.46. The maximum Gasteiger partial charge on any atom is 0.226 e. The highest BCUT2D eigenvalue weighted by Crippen LogP contribution is 2.29. The Bertz CT molecular complexity index is 647. The van der Waals surface area contributed by atoms with Crippen LogP contribution in [-0.2, 0) is 4.79 Å². The normalized spacial score (nSPS) is 10.2. The van der Waals surface area contributed by atoms with E-state index in [1.54, 1.807) is 24.3 Å². The van der Waals surface area contributed by atoms with Crippen LogP contribution in [0.5, 0.6) is 0 Å². The molecule has 0 saturated heterocycles. The Kier molecular flexibility index (Phi) is 5.74. The van der Waals surface area contributed by atoms with Crippen LogP contribution in [0, 0.1) is 0 Å². The second-order valence-corrected chi connectivity index (χ2v) is 5.50. The van der Waals surface area contributed by atoms with Gasteiger partial charge in [0.1, 0.15) is 0 Å². The van der Waals surface area contributed by atoms with E-state index in [1.807, 2.05) is 18.2 Å². The van der Waals surface area contributed by atoms with Gasteiger partial charge in [0.25, 0.3) is 0 Å². The number of anilines is 2. The van der Waals surface area contributed by atoms with Crippen LogP contribution >= 0.6 is 34.8 Å². The Labute approximate surface area is 138 Å². The Morgan fingerprint density at radius 1 is 0.905 bits per heavy atom. The second-order valence-electron chi connectivity index (χ2n) is 4.31. The molecule has 0 radical (unpaired) electrons. The van der Waals surface area contributed by atoms with Crippen molar-refractivity contribution in [2.75, 3.05) is 17.2 Å². The molecule has 0 atom stereocenters. The fraction of sp³-hybridized carbons (Fsp3) is 0.133. The molecule has 2 N–H and O–H groups in total. The van der Waals surface area contributed by atoms with Crippen molar-refractivity contribution in [3.8, 4) is 0 Å². The predicted molar refractivity (Wildman–Crippen MR) is 89.7 cm³/mol. The predicted octanol–water partition coefficient (Wildman–Crippen LogP) is 5.09. The monoisotopic (exact) mass is 342 g/mol. The summed E-state index contributed by atoms with van der Waals surface area (Å²) in [5.41, 5.74) is 1.31. The molecule has 110 valence electrons. The van der Waals surface area contributed by atoms with Crippen LogP contribution in [0.1, 0.15) is 6.42 Å². The second kappa shape index (κ2) is 7.55. The Morgan fingerprint density at radius 2 is 1.57 bits per heavy atom. The molecule has 0 spiro atoms. The van der Waals surface area contributed by atoms with Crippen LogP contribution in [0.25, 0.3) is 0 Å². The van der Waals surface area contributed by atoms with Crippen molar-refractivity contribution >= 4 is 52.1 Å². The van der Waals surface area contributed by atoms with Crippen molar-refractivity contribution in [1.82, 2.24) is 0 Å². The zero-order valence-corrected chi connectivity index (χ0v) is 13.3. The summed E-state index contributed by atoms with van der Waals surface area (Å²) in [5, 5.41) is 7.19. The number of rotatable bonds is 5.